The standard InChI is InChI=1S/C16H20FN3O3Si/c1-22-16(21)15-19-12(18)8-13(20-15)23-9-10-6-5-7-11(17)14(10)24(2,3)4/h5-8H,9H2,1-4H3,(H2,18,19,20). The molecule has 1 aromatic carbocycles. The summed E-state index contributed by atoms with van der Waals surface area (Å²) in [6.45, 7) is 6.31. The smallest absolute Gasteiger partial charge is 0.376 e. The van der Waals surface area contributed by atoms with Crippen molar-refractivity contribution in [3.8, 4) is 5.88 Å². The molecule has 0 atom stereocenters. The number of anilines is 1. The zero-order valence-corrected chi connectivity index (χ0v) is 15.1. The molecule has 0 saturated heterocycles. The van der Waals surface area contributed by atoms with E-state index in [1.54, 1.807) is 6.07 Å². The van der Waals surface area contributed by atoms with Crippen molar-refractivity contribution in [3.63, 3.8) is 0 Å². The Morgan fingerprint density at radius 1 is 1.29 bits per heavy atom. The lowest BCUT2D eigenvalue weighted by atomic mass is 10.2. The van der Waals surface area contributed by atoms with Crippen molar-refractivity contribution < 1.29 is 18.7 Å². The van der Waals surface area contributed by atoms with Crippen molar-refractivity contribution in [1.82, 2.24) is 9.97 Å². The van der Waals surface area contributed by atoms with Crippen LogP contribution < -0.4 is 15.7 Å². The van der Waals surface area contributed by atoms with E-state index in [1.807, 2.05) is 6.07 Å². The molecule has 6 nitrogen and oxygen atoms in total. The van der Waals surface area contributed by atoms with Crippen LogP contribution in [0.4, 0.5) is 10.2 Å². The summed E-state index contributed by atoms with van der Waals surface area (Å²) in [5.74, 6) is -0.899. The fourth-order valence-electron chi connectivity index (χ4n) is 2.38. The first-order valence-electron chi connectivity index (χ1n) is 7.36. The lowest BCUT2D eigenvalue weighted by Crippen LogP contribution is -2.42. The van der Waals surface area contributed by atoms with Crippen molar-refractivity contribution in [1.29, 1.82) is 0 Å². The molecule has 0 aliphatic heterocycles. The highest BCUT2D eigenvalue weighted by Crippen LogP contribution is 2.16. The highest BCUT2D eigenvalue weighted by molar-refractivity contribution is 6.89. The van der Waals surface area contributed by atoms with E-state index in [1.165, 1.54) is 19.2 Å². The molecular formula is C16H20FN3O3Si. The van der Waals surface area contributed by atoms with Gasteiger partial charge in [0, 0.05) is 6.07 Å². The first-order chi connectivity index (χ1) is 11.2. The van der Waals surface area contributed by atoms with Crippen molar-refractivity contribution in [2.24, 2.45) is 0 Å². The van der Waals surface area contributed by atoms with Crippen molar-refractivity contribution >= 4 is 25.0 Å². The van der Waals surface area contributed by atoms with E-state index < -0.39 is 14.0 Å². The van der Waals surface area contributed by atoms with Gasteiger partial charge in [-0.2, -0.15) is 4.98 Å². The first-order valence-corrected chi connectivity index (χ1v) is 10.9. The van der Waals surface area contributed by atoms with Crippen molar-refractivity contribution in [3.05, 3.63) is 41.5 Å². The summed E-state index contributed by atoms with van der Waals surface area (Å²) in [5, 5.41) is 0.709. The Morgan fingerprint density at radius 2 is 2.00 bits per heavy atom. The highest BCUT2D eigenvalue weighted by atomic mass is 28.3. The molecule has 0 radical (unpaired) electrons. The van der Waals surface area contributed by atoms with Crippen LogP contribution in [0.5, 0.6) is 5.88 Å². The Morgan fingerprint density at radius 3 is 2.62 bits per heavy atom. The molecule has 2 rings (SSSR count). The summed E-state index contributed by atoms with van der Waals surface area (Å²) in [5.41, 5.74) is 6.41. The Bertz CT molecular complexity index is 763. The second-order valence-corrected chi connectivity index (χ2v) is 11.3. The minimum Gasteiger partial charge on any atom is -0.473 e. The summed E-state index contributed by atoms with van der Waals surface area (Å²) in [6, 6.07) is 6.32. The van der Waals surface area contributed by atoms with Gasteiger partial charge in [0.2, 0.25) is 11.7 Å². The molecule has 0 amide bonds. The van der Waals surface area contributed by atoms with E-state index in [9.17, 15) is 9.18 Å². The molecule has 0 fully saturated rings. The van der Waals surface area contributed by atoms with Crippen LogP contribution in [0.2, 0.25) is 19.6 Å². The van der Waals surface area contributed by atoms with Crippen LogP contribution in [0.25, 0.3) is 0 Å². The van der Waals surface area contributed by atoms with E-state index in [0.717, 1.165) is 5.56 Å². The first kappa shape index (κ1) is 17.9. The SMILES string of the molecule is COC(=O)c1nc(N)cc(OCc2cccc(F)c2[Si](C)(C)C)n1. The molecule has 0 unspecified atom stereocenters. The summed E-state index contributed by atoms with van der Waals surface area (Å²) >= 11 is 0. The fraction of sp³-hybridized carbons (Fsp3) is 0.312. The normalized spacial score (nSPS) is 11.2. The number of nitrogen functional groups attached to an aromatic ring is 1. The number of carbonyl (C=O) groups is 1. The molecule has 2 aromatic rings. The summed E-state index contributed by atoms with van der Waals surface area (Å²) < 4.78 is 24.4. The minimum absolute atomic E-state index is 0.0880. The molecule has 128 valence electrons. The molecule has 1 heterocycles. The van der Waals surface area contributed by atoms with Crippen LogP contribution in [-0.2, 0) is 11.3 Å². The molecule has 0 bridgehead atoms. The maximum absolute atomic E-state index is 14.2. The van der Waals surface area contributed by atoms with Crippen molar-refractivity contribution in [2.75, 3.05) is 12.8 Å². The predicted octanol–water partition coefficient (Wildman–Crippen LogP) is 2.11. The summed E-state index contributed by atoms with van der Waals surface area (Å²) in [7, 11) is -0.668. The highest BCUT2D eigenvalue weighted by Gasteiger charge is 2.24. The zero-order chi connectivity index (χ0) is 17.9. The third-order valence-corrected chi connectivity index (χ3v) is 5.38. The average Bonchev–Trinajstić information content (AvgIpc) is 2.50. The molecule has 2 N–H and O–H groups in total. The maximum Gasteiger partial charge on any atom is 0.376 e. The second-order valence-electron chi connectivity index (χ2n) is 6.26. The number of hydrogen-bond acceptors (Lipinski definition) is 6. The zero-order valence-electron chi connectivity index (χ0n) is 14.1. The molecular weight excluding hydrogens is 329 g/mol. The Labute approximate surface area is 140 Å². The summed E-state index contributed by atoms with van der Waals surface area (Å²) in [4.78, 5) is 19.3. The third-order valence-electron chi connectivity index (χ3n) is 3.32. The van der Waals surface area contributed by atoms with E-state index in [2.05, 4.69) is 34.3 Å². The maximum atomic E-state index is 14.2. The number of rotatable bonds is 5. The van der Waals surface area contributed by atoms with Gasteiger partial charge in [0.1, 0.15) is 18.2 Å². The van der Waals surface area contributed by atoms with E-state index in [-0.39, 0.29) is 29.9 Å². The van der Waals surface area contributed by atoms with E-state index >= 15 is 0 Å². The number of benzene rings is 1. The Hall–Kier alpha value is -2.48. The van der Waals surface area contributed by atoms with Gasteiger partial charge in [-0.3, -0.25) is 0 Å². The minimum atomic E-state index is -1.89. The molecule has 0 saturated carbocycles. The molecule has 8 heteroatoms. The lowest BCUT2D eigenvalue weighted by Gasteiger charge is -2.21. The van der Waals surface area contributed by atoms with Crippen LogP contribution in [0.1, 0.15) is 16.2 Å². The second kappa shape index (κ2) is 6.96. The van der Waals surface area contributed by atoms with Gasteiger partial charge in [-0.25, -0.2) is 14.2 Å². The average molecular weight is 349 g/mol. The van der Waals surface area contributed by atoms with Gasteiger partial charge in [0.15, 0.2) is 0 Å². The molecule has 0 spiro atoms. The Kier molecular flexibility index (Phi) is 5.18. The molecule has 0 aliphatic carbocycles. The van der Waals surface area contributed by atoms with Crippen LogP contribution >= 0.6 is 0 Å². The topological polar surface area (TPSA) is 87.3 Å². The van der Waals surface area contributed by atoms with Crippen LogP contribution in [-0.4, -0.2) is 31.1 Å². The number of aromatic nitrogens is 2. The van der Waals surface area contributed by atoms with Crippen molar-refractivity contribution in [2.45, 2.75) is 26.2 Å². The van der Waals surface area contributed by atoms with Gasteiger partial charge in [0.05, 0.1) is 15.2 Å². The Balaban J connectivity index is 2.28. The number of esters is 1. The van der Waals surface area contributed by atoms with Gasteiger partial charge in [0.25, 0.3) is 0 Å². The predicted molar refractivity (Wildman–Crippen MR) is 91.5 cm³/mol. The molecule has 0 aliphatic rings. The van der Waals surface area contributed by atoms with Gasteiger partial charge < -0.3 is 15.2 Å². The monoisotopic (exact) mass is 349 g/mol. The molecule has 24 heavy (non-hydrogen) atoms. The van der Waals surface area contributed by atoms with E-state index in [4.69, 9.17) is 10.5 Å². The molecule has 1 aromatic heterocycles. The number of nitrogens with zero attached hydrogens (tertiary/aromatic N) is 2. The largest absolute Gasteiger partial charge is 0.473 e. The van der Waals surface area contributed by atoms with Gasteiger partial charge in [-0.05, 0) is 16.8 Å². The quantitative estimate of drug-likeness (QED) is 0.657. The van der Waals surface area contributed by atoms with Crippen LogP contribution in [0.3, 0.4) is 0 Å². The number of methoxy groups -OCH3 is 1. The number of nitrogens with two attached hydrogens (primary N) is 1. The number of hydrogen-bond donors (Lipinski definition) is 1. The van der Waals surface area contributed by atoms with Crippen LogP contribution in [0.15, 0.2) is 24.3 Å². The summed E-state index contributed by atoms with van der Waals surface area (Å²) in [6.07, 6.45) is 0. The van der Waals surface area contributed by atoms with Gasteiger partial charge in [-0.1, -0.05) is 31.8 Å². The fourth-order valence-corrected chi connectivity index (χ4v) is 4.30. The van der Waals surface area contributed by atoms with Gasteiger partial charge >= 0.3 is 5.97 Å². The lowest BCUT2D eigenvalue weighted by molar-refractivity contribution is 0.0585. The van der Waals surface area contributed by atoms with Crippen LogP contribution in [0, 0.1) is 5.82 Å². The number of carbonyl (C=O) groups excluding carboxylic acids is 1. The number of ether oxygens (including phenoxy) is 2. The van der Waals surface area contributed by atoms with E-state index in [0.29, 0.717) is 5.19 Å². The third kappa shape index (κ3) is 4.08. The van der Waals surface area contributed by atoms with Gasteiger partial charge in [-0.15, -0.1) is 0 Å². The number of halogens is 1.